The summed E-state index contributed by atoms with van der Waals surface area (Å²) in [7, 11) is 0. The fourth-order valence-corrected chi connectivity index (χ4v) is 2.96. The Balaban J connectivity index is 1.35. The first kappa shape index (κ1) is 17.7. The molecule has 1 heterocycles. The Morgan fingerprint density at radius 2 is 1.50 bits per heavy atom. The Labute approximate surface area is 161 Å². The van der Waals surface area contributed by atoms with Gasteiger partial charge >= 0.3 is 5.97 Å². The fraction of sp³-hybridized carbons (Fsp3) is 0.0870. The van der Waals surface area contributed by atoms with Gasteiger partial charge in [-0.2, -0.15) is 0 Å². The number of ketones is 1. The van der Waals surface area contributed by atoms with Gasteiger partial charge in [0.05, 0.1) is 6.42 Å². The Morgan fingerprint density at radius 3 is 2.29 bits per heavy atom. The first-order valence-electron chi connectivity index (χ1n) is 8.88. The van der Waals surface area contributed by atoms with Gasteiger partial charge in [-0.15, -0.1) is 0 Å². The van der Waals surface area contributed by atoms with Crippen molar-refractivity contribution in [2.45, 2.75) is 6.42 Å². The van der Waals surface area contributed by atoms with Gasteiger partial charge in [0.15, 0.2) is 18.0 Å². The van der Waals surface area contributed by atoms with Crippen LogP contribution < -0.4 is 0 Å². The number of carbonyl (C=O) groups is 2. The molecule has 0 aliphatic heterocycles. The molecular weight excluding hydrogens is 354 g/mol. The van der Waals surface area contributed by atoms with Gasteiger partial charge in [-0.1, -0.05) is 71.9 Å². The third-order valence-electron chi connectivity index (χ3n) is 4.44. The summed E-state index contributed by atoms with van der Waals surface area (Å²) in [6.07, 6.45) is -0.0444. The Bertz CT molecular complexity index is 1110. The number of esters is 1. The van der Waals surface area contributed by atoms with Crippen LogP contribution in [0.15, 0.2) is 83.4 Å². The number of hydrogen-bond acceptors (Lipinski definition) is 5. The lowest BCUT2D eigenvalue weighted by molar-refractivity contribution is -0.141. The molecular formula is C23H17NO4. The number of Topliss-reactive ketones (excluding diaryl/α,β-unsaturated/α-hetero) is 1. The van der Waals surface area contributed by atoms with Crippen LogP contribution in [0.2, 0.25) is 0 Å². The molecule has 138 valence electrons. The minimum Gasteiger partial charge on any atom is -0.457 e. The van der Waals surface area contributed by atoms with Crippen LogP contribution in [0.4, 0.5) is 0 Å². The summed E-state index contributed by atoms with van der Waals surface area (Å²) in [6.45, 7) is -0.306. The summed E-state index contributed by atoms with van der Waals surface area (Å²) < 4.78 is 10.3. The van der Waals surface area contributed by atoms with Crippen LogP contribution in [-0.4, -0.2) is 23.5 Å². The second kappa shape index (κ2) is 7.88. The molecule has 28 heavy (non-hydrogen) atoms. The molecule has 0 aliphatic rings. The van der Waals surface area contributed by atoms with Crippen molar-refractivity contribution in [3.05, 3.63) is 90.1 Å². The largest absolute Gasteiger partial charge is 0.457 e. The molecule has 4 rings (SSSR count). The summed E-state index contributed by atoms with van der Waals surface area (Å²) in [4.78, 5) is 24.4. The van der Waals surface area contributed by atoms with Gasteiger partial charge < -0.3 is 9.26 Å². The maximum absolute atomic E-state index is 12.3. The molecule has 0 saturated carbocycles. The van der Waals surface area contributed by atoms with Gasteiger partial charge in [-0.05, 0) is 23.3 Å². The van der Waals surface area contributed by atoms with Crippen molar-refractivity contribution >= 4 is 22.7 Å². The molecule has 0 atom stereocenters. The average molecular weight is 371 g/mol. The molecule has 0 saturated heterocycles. The highest BCUT2D eigenvalue weighted by atomic mass is 16.5. The van der Waals surface area contributed by atoms with Crippen molar-refractivity contribution in [2.75, 3.05) is 6.61 Å². The zero-order valence-electron chi connectivity index (χ0n) is 15.0. The molecule has 0 spiro atoms. The number of nitrogens with zero attached hydrogens (tertiary/aromatic N) is 1. The van der Waals surface area contributed by atoms with Crippen molar-refractivity contribution in [3.8, 4) is 11.1 Å². The summed E-state index contributed by atoms with van der Waals surface area (Å²) >= 11 is 0. The minimum atomic E-state index is -0.520. The first-order valence-corrected chi connectivity index (χ1v) is 8.88. The number of ether oxygens (including phenoxy) is 1. The van der Waals surface area contributed by atoms with Crippen LogP contribution >= 0.6 is 0 Å². The predicted octanol–water partition coefficient (Wildman–Crippen LogP) is 4.46. The second-order valence-corrected chi connectivity index (χ2v) is 6.33. The molecule has 5 nitrogen and oxygen atoms in total. The van der Waals surface area contributed by atoms with Crippen LogP contribution in [0.3, 0.4) is 0 Å². The Morgan fingerprint density at radius 1 is 0.821 bits per heavy atom. The first-order chi connectivity index (χ1) is 13.7. The SMILES string of the molecule is O=C(Cc1noc2ccccc12)OCC(=O)c1ccc(-c2ccccc2)cc1. The van der Waals surface area contributed by atoms with E-state index >= 15 is 0 Å². The number of rotatable bonds is 6. The fourth-order valence-electron chi connectivity index (χ4n) is 2.96. The Hall–Kier alpha value is -3.73. The Kier molecular flexibility index (Phi) is 4.97. The summed E-state index contributed by atoms with van der Waals surface area (Å²) in [5.41, 5.74) is 3.71. The summed E-state index contributed by atoms with van der Waals surface area (Å²) in [6, 6.07) is 24.4. The van der Waals surface area contributed by atoms with Crippen molar-refractivity contribution < 1.29 is 18.8 Å². The zero-order valence-corrected chi connectivity index (χ0v) is 15.0. The molecule has 3 aromatic carbocycles. The highest BCUT2D eigenvalue weighted by Gasteiger charge is 2.15. The van der Waals surface area contributed by atoms with Crippen molar-refractivity contribution in [1.82, 2.24) is 5.16 Å². The highest BCUT2D eigenvalue weighted by molar-refractivity contribution is 5.98. The maximum atomic E-state index is 12.3. The second-order valence-electron chi connectivity index (χ2n) is 6.33. The van der Waals surface area contributed by atoms with Crippen LogP contribution in [0.5, 0.6) is 0 Å². The van der Waals surface area contributed by atoms with Crippen LogP contribution in [0, 0.1) is 0 Å². The van der Waals surface area contributed by atoms with Crippen molar-refractivity contribution in [2.24, 2.45) is 0 Å². The van der Waals surface area contributed by atoms with Crippen LogP contribution in [-0.2, 0) is 16.0 Å². The van der Waals surface area contributed by atoms with E-state index in [1.807, 2.05) is 60.7 Å². The maximum Gasteiger partial charge on any atom is 0.312 e. The van der Waals surface area contributed by atoms with Crippen molar-refractivity contribution in [3.63, 3.8) is 0 Å². The van der Waals surface area contributed by atoms with Crippen molar-refractivity contribution in [1.29, 1.82) is 0 Å². The molecule has 0 unspecified atom stereocenters. The smallest absolute Gasteiger partial charge is 0.312 e. The van der Waals surface area contributed by atoms with E-state index in [1.54, 1.807) is 18.2 Å². The van der Waals surface area contributed by atoms with Gasteiger partial charge in [0.25, 0.3) is 0 Å². The van der Waals surface area contributed by atoms with E-state index in [0.29, 0.717) is 16.8 Å². The van der Waals surface area contributed by atoms with E-state index in [1.165, 1.54) is 0 Å². The predicted molar refractivity (Wildman–Crippen MR) is 105 cm³/mol. The number of aromatic nitrogens is 1. The molecule has 1 aromatic heterocycles. The lowest BCUT2D eigenvalue weighted by Gasteiger charge is -2.05. The lowest BCUT2D eigenvalue weighted by atomic mass is 10.0. The van der Waals surface area contributed by atoms with E-state index in [2.05, 4.69) is 5.16 Å². The number of benzene rings is 3. The number of para-hydroxylation sites is 1. The normalized spacial score (nSPS) is 10.7. The molecule has 4 aromatic rings. The third kappa shape index (κ3) is 3.83. The third-order valence-corrected chi connectivity index (χ3v) is 4.44. The number of hydrogen-bond donors (Lipinski definition) is 0. The zero-order chi connectivity index (χ0) is 19.3. The topological polar surface area (TPSA) is 69.4 Å². The van der Waals surface area contributed by atoms with Gasteiger partial charge in [0.1, 0.15) is 5.69 Å². The average Bonchev–Trinajstić information content (AvgIpc) is 3.15. The quantitative estimate of drug-likeness (QED) is 0.370. The molecule has 0 aliphatic carbocycles. The van der Waals surface area contributed by atoms with Crippen LogP contribution in [0.25, 0.3) is 22.1 Å². The number of fused-ring (bicyclic) bond motifs is 1. The molecule has 5 heteroatoms. The molecule has 0 bridgehead atoms. The molecule has 0 radical (unpaired) electrons. The lowest BCUT2D eigenvalue weighted by Crippen LogP contribution is -2.15. The molecule has 0 N–H and O–H groups in total. The van der Waals surface area contributed by atoms with Gasteiger partial charge in [0, 0.05) is 10.9 Å². The molecule has 0 fully saturated rings. The standard InChI is InChI=1S/C23H17NO4/c25-21(18-12-10-17(11-13-18)16-6-2-1-3-7-16)15-27-23(26)14-20-19-8-4-5-9-22(19)28-24-20/h1-13H,14-15H2. The van der Waals surface area contributed by atoms with E-state index in [4.69, 9.17) is 9.26 Å². The number of carbonyl (C=O) groups excluding carboxylic acids is 2. The van der Waals surface area contributed by atoms with E-state index < -0.39 is 5.97 Å². The van der Waals surface area contributed by atoms with Gasteiger partial charge in [-0.3, -0.25) is 9.59 Å². The minimum absolute atomic E-state index is 0.0444. The summed E-state index contributed by atoms with van der Waals surface area (Å²) in [5, 5.41) is 4.66. The van der Waals surface area contributed by atoms with E-state index in [0.717, 1.165) is 16.5 Å². The highest BCUT2D eigenvalue weighted by Crippen LogP contribution is 2.20. The monoisotopic (exact) mass is 371 g/mol. The van der Waals surface area contributed by atoms with Crippen LogP contribution in [0.1, 0.15) is 16.1 Å². The van der Waals surface area contributed by atoms with E-state index in [9.17, 15) is 9.59 Å². The van der Waals surface area contributed by atoms with Gasteiger partial charge in [0.2, 0.25) is 0 Å². The van der Waals surface area contributed by atoms with Gasteiger partial charge in [-0.25, -0.2) is 0 Å². The van der Waals surface area contributed by atoms with E-state index in [-0.39, 0.29) is 18.8 Å². The summed E-state index contributed by atoms with van der Waals surface area (Å²) in [5.74, 6) is -0.772. The molecule has 0 amide bonds.